The summed E-state index contributed by atoms with van der Waals surface area (Å²) in [5.41, 5.74) is 2.45. The predicted molar refractivity (Wildman–Crippen MR) is 180 cm³/mol. The van der Waals surface area contributed by atoms with Crippen LogP contribution in [0.2, 0.25) is 0 Å². The standard InChI is InChI=1S/C32H42F3N5O2.C3H8/c1-10-25(26-15-13-14-16-27(26)33)29(28(36-12-3)17-21(4)24-19-38-40(9)20-24)23(6)37-18-22(5)39-30(41)42-31(7,8)32(34,35)11-2;1-3-2/h10,12-16,19-20,22,37H,3-4,11,17-18H2,1-2,5-9H3,(H,39,41);3H2,1-2H3/b25-10-,29-23+,36-28?;/t22-;/m1./s1. The van der Waals surface area contributed by atoms with E-state index in [1.165, 1.54) is 39.5 Å². The zero-order chi connectivity index (χ0) is 34.4. The van der Waals surface area contributed by atoms with Gasteiger partial charge >= 0.3 is 6.09 Å². The number of halogens is 3. The van der Waals surface area contributed by atoms with Crippen LogP contribution >= 0.6 is 0 Å². The van der Waals surface area contributed by atoms with Gasteiger partial charge in [-0.05, 0) is 51.8 Å². The number of aliphatic imine (C=N–C) groups is 1. The number of carbonyl (C=O) groups is 1. The Balaban J connectivity index is 0.00000324. The summed E-state index contributed by atoms with van der Waals surface area (Å²) < 4.78 is 50.2. The summed E-state index contributed by atoms with van der Waals surface area (Å²) in [6.07, 6.45) is 6.93. The highest BCUT2D eigenvalue weighted by Gasteiger charge is 2.48. The summed E-state index contributed by atoms with van der Waals surface area (Å²) in [7, 11) is 1.81. The average molecular weight is 630 g/mol. The van der Waals surface area contributed by atoms with Gasteiger partial charge in [0.1, 0.15) is 5.82 Å². The lowest BCUT2D eigenvalue weighted by Gasteiger charge is -2.33. The van der Waals surface area contributed by atoms with Gasteiger partial charge in [-0.25, -0.2) is 18.0 Å². The van der Waals surface area contributed by atoms with Crippen LogP contribution in [-0.4, -0.2) is 45.7 Å². The van der Waals surface area contributed by atoms with E-state index in [-0.39, 0.29) is 6.54 Å². The number of carbonyl (C=O) groups excluding carboxylic acids is 1. The number of rotatable bonds is 14. The Morgan fingerprint density at radius 2 is 1.84 bits per heavy atom. The molecule has 0 aliphatic rings. The van der Waals surface area contributed by atoms with Crippen molar-refractivity contribution in [3.05, 3.63) is 90.3 Å². The van der Waals surface area contributed by atoms with Gasteiger partial charge in [0.05, 0.1) is 11.9 Å². The summed E-state index contributed by atoms with van der Waals surface area (Å²) in [5, 5.41) is 10.1. The summed E-state index contributed by atoms with van der Waals surface area (Å²) in [5.74, 6) is -3.58. The number of nitrogens with one attached hydrogen (secondary N) is 2. The SMILES string of the molecule is C=CN=C(CC(=C)c1cnn(C)c1)C(/C(=C\C)c1ccccc1F)=C(\C)NC[C@@H](C)NC(=O)OC(C)(C)C(F)(F)CC.CCC. The van der Waals surface area contributed by atoms with E-state index in [4.69, 9.17) is 4.74 Å². The molecule has 0 radical (unpaired) electrons. The molecule has 45 heavy (non-hydrogen) atoms. The molecule has 10 heteroatoms. The van der Waals surface area contributed by atoms with Gasteiger partial charge in [0.15, 0.2) is 5.60 Å². The number of ether oxygens (including phenoxy) is 1. The van der Waals surface area contributed by atoms with Crippen LogP contribution in [0.4, 0.5) is 18.0 Å². The molecule has 1 aromatic heterocycles. The number of nitrogens with zero attached hydrogens (tertiary/aromatic N) is 3. The van der Waals surface area contributed by atoms with Gasteiger partial charge in [-0.2, -0.15) is 5.10 Å². The Kier molecular flexibility index (Phi) is 15.6. The number of amides is 1. The highest BCUT2D eigenvalue weighted by Crippen LogP contribution is 2.35. The van der Waals surface area contributed by atoms with Gasteiger partial charge in [-0.3, -0.25) is 9.67 Å². The summed E-state index contributed by atoms with van der Waals surface area (Å²) in [6.45, 7) is 21.5. The minimum atomic E-state index is -3.18. The molecule has 0 saturated heterocycles. The van der Waals surface area contributed by atoms with Crippen molar-refractivity contribution >= 4 is 23.0 Å². The molecule has 248 valence electrons. The molecule has 0 unspecified atom stereocenters. The fourth-order valence-electron chi connectivity index (χ4n) is 4.31. The molecule has 1 atom stereocenters. The van der Waals surface area contributed by atoms with Crippen molar-refractivity contribution in [2.75, 3.05) is 6.54 Å². The number of aryl methyl sites for hydroxylation is 1. The average Bonchev–Trinajstić information content (AvgIpc) is 3.41. The monoisotopic (exact) mass is 629 g/mol. The second-order valence-electron chi connectivity index (χ2n) is 11.2. The minimum absolute atomic E-state index is 0.216. The minimum Gasteiger partial charge on any atom is -0.437 e. The molecule has 2 rings (SSSR count). The van der Waals surface area contributed by atoms with Crippen LogP contribution in [-0.2, 0) is 11.8 Å². The molecule has 0 bridgehead atoms. The largest absolute Gasteiger partial charge is 0.437 e. The fraction of sp³-hybridized carbons (Fsp3) is 0.457. The van der Waals surface area contributed by atoms with Crippen molar-refractivity contribution in [2.45, 2.75) is 92.2 Å². The van der Waals surface area contributed by atoms with Crippen LogP contribution in [0.15, 0.2) is 78.4 Å². The molecular weight excluding hydrogens is 579 g/mol. The van der Waals surface area contributed by atoms with Crippen LogP contribution in [0, 0.1) is 5.82 Å². The first-order chi connectivity index (χ1) is 21.1. The maximum atomic E-state index is 15.0. The topological polar surface area (TPSA) is 80.5 Å². The number of alkyl halides is 2. The number of hydrogen-bond acceptors (Lipinski definition) is 5. The maximum Gasteiger partial charge on any atom is 0.408 e. The van der Waals surface area contributed by atoms with Crippen molar-refractivity contribution in [3.63, 3.8) is 0 Å². The lowest BCUT2D eigenvalue weighted by molar-refractivity contribution is -0.163. The lowest BCUT2D eigenvalue weighted by Crippen LogP contribution is -2.50. The number of hydrogen-bond donors (Lipinski definition) is 2. The Morgan fingerprint density at radius 1 is 1.22 bits per heavy atom. The molecule has 2 N–H and O–H groups in total. The van der Waals surface area contributed by atoms with Gasteiger partial charge in [0.2, 0.25) is 0 Å². The fourth-order valence-corrected chi connectivity index (χ4v) is 4.31. The summed E-state index contributed by atoms with van der Waals surface area (Å²) >= 11 is 0. The highest BCUT2D eigenvalue weighted by molar-refractivity contribution is 6.16. The van der Waals surface area contributed by atoms with Gasteiger partial charge < -0.3 is 15.4 Å². The first kappa shape index (κ1) is 38.9. The van der Waals surface area contributed by atoms with Crippen molar-refractivity contribution in [1.29, 1.82) is 0 Å². The smallest absolute Gasteiger partial charge is 0.408 e. The molecule has 1 heterocycles. The molecule has 0 aliphatic carbocycles. The quantitative estimate of drug-likeness (QED) is 0.162. The first-order valence-electron chi connectivity index (χ1n) is 15.2. The molecule has 0 aliphatic heterocycles. The van der Waals surface area contributed by atoms with Crippen LogP contribution in [0.3, 0.4) is 0 Å². The highest BCUT2D eigenvalue weighted by atomic mass is 19.3. The normalized spacial score (nSPS) is 13.6. The van der Waals surface area contributed by atoms with Crippen LogP contribution < -0.4 is 10.6 Å². The van der Waals surface area contributed by atoms with Crippen molar-refractivity contribution in [1.82, 2.24) is 20.4 Å². The van der Waals surface area contributed by atoms with Gasteiger partial charge in [0.25, 0.3) is 5.92 Å². The number of alkyl carbamates (subject to hydrolysis) is 1. The van der Waals surface area contributed by atoms with Crippen LogP contribution in [0.25, 0.3) is 11.1 Å². The van der Waals surface area contributed by atoms with Crippen molar-refractivity contribution in [3.8, 4) is 0 Å². The third-order valence-electron chi connectivity index (χ3n) is 6.84. The Labute approximate surface area is 267 Å². The zero-order valence-corrected chi connectivity index (χ0v) is 28.2. The Morgan fingerprint density at radius 3 is 2.36 bits per heavy atom. The lowest BCUT2D eigenvalue weighted by atomic mass is 9.88. The van der Waals surface area contributed by atoms with E-state index >= 15 is 4.39 Å². The number of allylic oxidation sites excluding steroid dienone is 5. The molecule has 1 aromatic carbocycles. The Bertz CT molecular complexity index is 1390. The zero-order valence-electron chi connectivity index (χ0n) is 28.2. The van der Waals surface area contributed by atoms with Crippen molar-refractivity contribution < 1.29 is 22.7 Å². The van der Waals surface area contributed by atoms with E-state index in [1.807, 2.05) is 27.1 Å². The molecular formula is C35H50F3N5O2. The molecule has 2 aromatic rings. The summed E-state index contributed by atoms with van der Waals surface area (Å²) in [4.78, 5) is 17.0. The third kappa shape index (κ3) is 11.4. The molecule has 0 saturated carbocycles. The molecule has 0 fully saturated rings. The van der Waals surface area contributed by atoms with E-state index in [2.05, 4.69) is 47.7 Å². The maximum absolute atomic E-state index is 15.0. The molecule has 7 nitrogen and oxygen atoms in total. The van der Waals surface area contributed by atoms with Crippen molar-refractivity contribution in [2.24, 2.45) is 12.0 Å². The van der Waals surface area contributed by atoms with Crippen LogP contribution in [0.5, 0.6) is 0 Å². The third-order valence-corrected chi connectivity index (χ3v) is 6.84. The second-order valence-corrected chi connectivity index (χ2v) is 11.2. The number of aromatic nitrogens is 2. The van der Waals surface area contributed by atoms with Gasteiger partial charge in [-0.1, -0.05) is 64.6 Å². The Hall–Kier alpha value is -4.08. The second kappa shape index (κ2) is 18.0. The van der Waals surface area contributed by atoms with Crippen LogP contribution in [0.1, 0.15) is 85.8 Å². The van der Waals surface area contributed by atoms with E-state index in [9.17, 15) is 13.6 Å². The predicted octanol–water partition coefficient (Wildman–Crippen LogP) is 8.87. The van der Waals surface area contributed by atoms with E-state index in [0.717, 1.165) is 11.1 Å². The summed E-state index contributed by atoms with van der Waals surface area (Å²) in [6, 6.07) is 5.94. The molecule has 1 amide bonds. The molecule has 0 spiro atoms. The first-order valence-corrected chi connectivity index (χ1v) is 15.2. The van der Waals surface area contributed by atoms with E-state index in [0.29, 0.717) is 34.5 Å². The van der Waals surface area contributed by atoms with Gasteiger partial charge in [-0.15, -0.1) is 0 Å². The van der Waals surface area contributed by atoms with E-state index < -0.39 is 35.9 Å². The number of benzene rings is 1. The van der Waals surface area contributed by atoms with E-state index in [1.54, 1.807) is 42.1 Å². The van der Waals surface area contributed by atoms with Gasteiger partial charge in [0, 0.05) is 67.3 Å².